The van der Waals surface area contributed by atoms with Crippen molar-refractivity contribution in [1.82, 2.24) is 4.98 Å². The van der Waals surface area contributed by atoms with Crippen LogP contribution in [0.1, 0.15) is 34.5 Å². The summed E-state index contributed by atoms with van der Waals surface area (Å²) in [5.41, 5.74) is 1.68. The van der Waals surface area contributed by atoms with Gasteiger partial charge < -0.3 is 9.47 Å². The third-order valence-electron chi connectivity index (χ3n) is 3.14. The number of nitrogens with zero attached hydrogens (tertiary/aromatic N) is 1. The van der Waals surface area contributed by atoms with Gasteiger partial charge in [-0.2, -0.15) is 0 Å². The van der Waals surface area contributed by atoms with E-state index in [0.29, 0.717) is 16.7 Å². The van der Waals surface area contributed by atoms with Crippen LogP contribution in [0.25, 0.3) is 0 Å². The molecule has 1 heterocycles. The van der Waals surface area contributed by atoms with E-state index in [1.165, 1.54) is 13.3 Å². The predicted octanol–water partition coefficient (Wildman–Crippen LogP) is 2.56. The number of pyridine rings is 1. The first-order valence-electron chi connectivity index (χ1n) is 6.91. The summed E-state index contributed by atoms with van der Waals surface area (Å²) < 4.78 is 10.1. The number of methoxy groups -OCH3 is 1. The molecule has 0 aliphatic carbocycles. The van der Waals surface area contributed by atoms with E-state index >= 15 is 0 Å². The molecule has 0 bridgehead atoms. The smallest absolute Gasteiger partial charge is 0.339 e. The molecule has 0 saturated carbocycles. The fourth-order valence-electron chi connectivity index (χ4n) is 2.06. The molecule has 1 aromatic carbocycles. The van der Waals surface area contributed by atoms with Crippen molar-refractivity contribution >= 4 is 11.8 Å². The number of aromatic nitrogens is 1. The topological polar surface area (TPSA) is 65.5 Å². The van der Waals surface area contributed by atoms with Gasteiger partial charge >= 0.3 is 5.97 Å². The zero-order valence-corrected chi connectivity index (χ0v) is 12.5. The molecule has 5 heteroatoms. The zero-order valence-electron chi connectivity index (χ0n) is 12.5. The van der Waals surface area contributed by atoms with E-state index in [0.717, 1.165) is 0 Å². The average Bonchev–Trinajstić information content (AvgIpc) is 2.56. The van der Waals surface area contributed by atoms with Gasteiger partial charge in [0.05, 0.1) is 6.61 Å². The minimum atomic E-state index is -0.789. The molecule has 0 saturated heterocycles. The SMILES string of the molecule is CCOC(=O)C(OC)c1ccc(C(=O)c2cccnc2)cc1. The second-order valence-corrected chi connectivity index (χ2v) is 4.56. The molecule has 114 valence electrons. The Hall–Kier alpha value is -2.53. The lowest BCUT2D eigenvalue weighted by Crippen LogP contribution is -2.17. The predicted molar refractivity (Wildman–Crippen MR) is 80.5 cm³/mol. The molecule has 2 rings (SSSR count). The number of ether oxygens (including phenoxy) is 2. The van der Waals surface area contributed by atoms with Crippen LogP contribution >= 0.6 is 0 Å². The maximum Gasteiger partial charge on any atom is 0.339 e. The molecule has 0 N–H and O–H groups in total. The Morgan fingerprint density at radius 2 is 1.86 bits per heavy atom. The fourth-order valence-corrected chi connectivity index (χ4v) is 2.06. The molecule has 22 heavy (non-hydrogen) atoms. The van der Waals surface area contributed by atoms with E-state index in [4.69, 9.17) is 9.47 Å². The number of carbonyl (C=O) groups excluding carboxylic acids is 2. The summed E-state index contributed by atoms with van der Waals surface area (Å²) in [5, 5.41) is 0. The molecule has 0 spiro atoms. The maximum absolute atomic E-state index is 12.3. The molecule has 0 radical (unpaired) electrons. The highest BCUT2D eigenvalue weighted by atomic mass is 16.6. The monoisotopic (exact) mass is 299 g/mol. The number of esters is 1. The van der Waals surface area contributed by atoms with Crippen molar-refractivity contribution in [3.05, 3.63) is 65.5 Å². The van der Waals surface area contributed by atoms with E-state index in [-0.39, 0.29) is 12.4 Å². The van der Waals surface area contributed by atoms with Crippen LogP contribution in [0.2, 0.25) is 0 Å². The Kier molecular flexibility index (Phi) is 5.38. The molecular weight excluding hydrogens is 282 g/mol. The van der Waals surface area contributed by atoms with Gasteiger partial charge in [0.25, 0.3) is 0 Å². The Balaban J connectivity index is 2.19. The van der Waals surface area contributed by atoms with Crippen molar-refractivity contribution in [3.63, 3.8) is 0 Å². The van der Waals surface area contributed by atoms with E-state index in [1.54, 1.807) is 49.5 Å². The third kappa shape index (κ3) is 3.56. The minimum Gasteiger partial charge on any atom is -0.464 e. The van der Waals surface area contributed by atoms with Crippen molar-refractivity contribution < 1.29 is 19.1 Å². The molecule has 0 fully saturated rings. The molecule has 0 aliphatic heterocycles. The molecule has 2 aromatic rings. The van der Waals surface area contributed by atoms with Gasteiger partial charge in [-0.3, -0.25) is 9.78 Å². The van der Waals surface area contributed by atoms with Crippen molar-refractivity contribution in [2.45, 2.75) is 13.0 Å². The van der Waals surface area contributed by atoms with Crippen LogP contribution in [0, 0.1) is 0 Å². The van der Waals surface area contributed by atoms with Gasteiger partial charge in [-0.15, -0.1) is 0 Å². The van der Waals surface area contributed by atoms with Crippen LogP contribution in [0.4, 0.5) is 0 Å². The lowest BCUT2D eigenvalue weighted by Gasteiger charge is -2.14. The first-order chi connectivity index (χ1) is 10.7. The number of carbonyl (C=O) groups is 2. The van der Waals surface area contributed by atoms with Crippen LogP contribution in [-0.2, 0) is 14.3 Å². The quantitative estimate of drug-likeness (QED) is 0.606. The Labute approximate surface area is 128 Å². The molecule has 0 aliphatic rings. The summed E-state index contributed by atoms with van der Waals surface area (Å²) >= 11 is 0. The average molecular weight is 299 g/mol. The summed E-state index contributed by atoms with van der Waals surface area (Å²) in [6, 6.07) is 10.1. The number of hydrogen-bond donors (Lipinski definition) is 0. The van der Waals surface area contributed by atoms with Crippen LogP contribution in [0.3, 0.4) is 0 Å². The molecular formula is C17H17NO4. The second kappa shape index (κ2) is 7.47. The third-order valence-corrected chi connectivity index (χ3v) is 3.14. The van der Waals surface area contributed by atoms with Gasteiger partial charge in [0, 0.05) is 30.6 Å². The van der Waals surface area contributed by atoms with Gasteiger partial charge in [-0.05, 0) is 24.6 Å². The summed E-state index contributed by atoms with van der Waals surface area (Å²) in [6.45, 7) is 2.02. The van der Waals surface area contributed by atoms with Gasteiger partial charge in [0.2, 0.25) is 0 Å². The number of rotatable bonds is 6. The molecule has 1 atom stereocenters. The standard InChI is InChI=1S/C17H17NO4/c1-3-22-17(20)16(21-2)13-8-6-12(7-9-13)15(19)14-5-4-10-18-11-14/h4-11,16H,3H2,1-2H3. The fraction of sp³-hybridized carbons (Fsp3) is 0.235. The van der Waals surface area contributed by atoms with Crippen LogP contribution in [0.5, 0.6) is 0 Å². The molecule has 5 nitrogen and oxygen atoms in total. The highest BCUT2D eigenvalue weighted by Gasteiger charge is 2.21. The second-order valence-electron chi connectivity index (χ2n) is 4.56. The molecule has 1 aromatic heterocycles. The Morgan fingerprint density at radius 3 is 2.41 bits per heavy atom. The number of hydrogen-bond acceptors (Lipinski definition) is 5. The molecule has 1 unspecified atom stereocenters. The van der Waals surface area contributed by atoms with Gasteiger partial charge in [-0.1, -0.05) is 24.3 Å². The van der Waals surface area contributed by atoms with Gasteiger partial charge in [0.1, 0.15) is 0 Å². The van der Waals surface area contributed by atoms with E-state index in [2.05, 4.69) is 4.98 Å². The summed E-state index contributed by atoms with van der Waals surface area (Å²) in [4.78, 5) is 28.0. The molecule has 0 amide bonds. The maximum atomic E-state index is 12.3. The van der Waals surface area contributed by atoms with Crippen molar-refractivity contribution in [1.29, 1.82) is 0 Å². The van der Waals surface area contributed by atoms with Crippen molar-refractivity contribution in [3.8, 4) is 0 Å². The lowest BCUT2D eigenvalue weighted by molar-refractivity contribution is -0.155. The zero-order chi connectivity index (χ0) is 15.9. The van der Waals surface area contributed by atoms with Crippen LogP contribution < -0.4 is 0 Å². The van der Waals surface area contributed by atoms with E-state index in [9.17, 15) is 9.59 Å². The van der Waals surface area contributed by atoms with E-state index in [1.807, 2.05) is 0 Å². The number of ketones is 1. The van der Waals surface area contributed by atoms with Crippen LogP contribution in [0.15, 0.2) is 48.8 Å². The highest BCUT2D eigenvalue weighted by molar-refractivity contribution is 6.08. The Bertz CT molecular complexity index is 637. The van der Waals surface area contributed by atoms with Gasteiger partial charge in [0.15, 0.2) is 11.9 Å². The summed E-state index contributed by atoms with van der Waals surface area (Å²) in [7, 11) is 1.44. The van der Waals surface area contributed by atoms with Gasteiger partial charge in [-0.25, -0.2) is 4.79 Å². The Morgan fingerprint density at radius 1 is 1.14 bits per heavy atom. The van der Waals surface area contributed by atoms with E-state index < -0.39 is 12.1 Å². The first kappa shape index (κ1) is 15.9. The summed E-state index contributed by atoms with van der Waals surface area (Å²) in [6.07, 6.45) is 2.34. The normalized spacial score (nSPS) is 11.7. The minimum absolute atomic E-state index is 0.121. The summed E-state index contributed by atoms with van der Waals surface area (Å²) in [5.74, 6) is -0.568. The number of benzene rings is 1. The van der Waals surface area contributed by atoms with Crippen LogP contribution in [-0.4, -0.2) is 30.5 Å². The van der Waals surface area contributed by atoms with Crippen molar-refractivity contribution in [2.24, 2.45) is 0 Å². The first-order valence-corrected chi connectivity index (χ1v) is 6.91. The van der Waals surface area contributed by atoms with Crippen molar-refractivity contribution in [2.75, 3.05) is 13.7 Å². The largest absolute Gasteiger partial charge is 0.464 e. The highest BCUT2D eigenvalue weighted by Crippen LogP contribution is 2.20. The lowest BCUT2D eigenvalue weighted by atomic mass is 10.0.